The summed E-state index contributed by atoms with van der Waals surface area (Å²) in [6.07, 6.45) is 0.977. The molecule has 0 spiro atoms. The van der Waals surface area contributed by atoms with E-state index in [1.54, 1.807) is 22.7 Å². The Labute approximate surface area is 196 Å². The molecule has 4 aromatic heterocycles. The number of rotatable bonds is 8. The molecule has 4 aromatic rings. The minimum Gasteiger partial charge on any atom is -0.379 e. The zero-order valence-electron chi connectivity index (χ0n) is 18.5. The molecule has 5 heterocycles. The van der Waals surface area contributed by atoms with Crippen LogP contribution < -0.4 is 5.32 Å². The molecular weight excluding hydrogens is 440 g/mol. The van der Waals surface area contributed by atoms with Crippen molar-refractivity contribution in [1.29, 1.82) is 0 Å². The average Bonchev–Trinajstić information content (AvgIpc) is 3.52. The molecule has 0 atom stereocenters. The summed E-state index contributed by atoms with van der Waals surface area (Å²) in [4.78, 5) is 14.6. The quantitative estimate of drug-likeness (QED) is 0.382. The molecule has 9 heteroatoms. The van der Waals surface area contributed by atoms with E-state index < -0.39 is 0 Å². The molecule has 1 aliphatic heterocycles. The molecule has 1 N–H and O–H groups in total. The minimum absolute atomic E-state index is 0.756. The second-order valence-corrected chi connectivity index (χ2v) is 9.92. The zero-order chi connectivity index (χ0) is 21.9. The minimum atomic E-state index is 0.756. The van der Waals surface area contributed by atoms with Gasteiger partial charge in [-0.05, 0) is 37.8 Å². The van der Waals surface area contributed by atoms with Crippen molar-refractivity contribution in [3.05, 3.63) is 46.2 Å². The molecule has 168 valence electrons. The maximum atomic E-state index is 5.49. The highest BCUT2D eigenvalue weighted by molar-refractivity contribution is 7.18. The second-order valence-electron chi connectivity index (χ2n) is 8.11. The van der Waals surface area contributed by atoms with Gasteiger partial charge in [0.25, 0.3) is 0 Å². The van der Waals surface area contributed by atoms with Gasteiger partial charge in [-0.2, -0.15) is 5.10 Å². The highest BCUT2D eigenvalue weighted by Crippen LogP contribution is 2.39. The lowest BCUT2D eigenvalue weighted by Gasteiger charge is -2.25. The fourth-order valence-electron chi connectivity index (χ4n) is 4.09. The third-order valence-corrected chi connectivity index (χ3v) is 7.45. The standard InChI is InChI=1S/C23H28N6OS2/c1-16-13-17(2)29(27-16)7-4-6-24-22-21-18(19-5-3-12-31-19)15-32-23(21)26-20(25-22)14-28-8-10-30-11-9-28/h3,5,12-13,15H,4,6-11,14H2,1-2H3,(H,24,25,26). The van der Waals surface area contributed by atoms with Crippen molar-refractivity contribution in [2.75, 3.05) is 38.2 Å². The number of aromatic nitrogens is 4. The molecule has 5 rings (SSSR count). The van der Waals surface area contributed by atoms with Gasteiger partial charge in [0, 0.05) is 47.7 Å². The summed E-state index contributed by atoms with van der Waals surface area (Å²) in [6, 6.07) is 6.39. The van der Waals surface area contributed by atoms with Crippen LogP contribution in [-0.4, -0.2) is 57.5 Å². The Balaban J connectivity index is 1.38. The smallest absolute Gasteiger partial charge is 0.146 e. The molecule has 0 amide bonds. The molecule has 0 bridgehead atoms. The molecule has 0 aliphatic carbocycles. The second kappa shape index (κ2) is 9.66. The summed E-state index contributed by atoms with van der Waals surface area (Å²) in [6.45, 7) is 10.0. The van der Waals surface area contributed by atoms with Crippen molar-refractivity contribution in [3.63, 3.8) is 0 Å². The number of anilines is 1. The number of hydrogen-bond donors (Lipinski definition) is 1. The molecule has 1 saturated heterocycles. The molecule has 0 saturated carbocycles. The van der Waals surface area contributed by atoms with Gasteiger partial charge in [0.15, 0.2) is 0 Å². The van der Waals surface area contributed by atoms with Gasteiger partial charge < -0.3 is 10.1 Å². The first-order valence-electron chi connectivity index (χ1n) is 11.0. The van der Waals surface area contributed by atoms with Crippen LogP contribution in [0, 0.1) is 13.8 Å². The molecule has 0 radical (unpaired) electrons. The van der Waals surface area contributed by atoms with E-state index in [1.165, 1.54) is 16.1 Å². The van der Waals surface area contributed by atoms with Crippen molar-refractivity contribution in [3.8, 4) is 10.4 Å². The third kappa shape index (κ3) is 4.71. The molecule has 1 aliphatic rings. The number of morpholine rings is 1. The number of fused-ring (bicyclic) bond motifs is 1. The molecule has 32 heavy (non-hydrogen) atoms. The summed E-state index contributed by atoms with van der Waals surface area (Å²) < 4.78 is 7.57. The zero-order valence-corrected chi connectivity index (χ0v) is 20.1. The van der Waals surface area contributed by atoms with E-state index in [2.05, 4.69) is 55.9 Å². The van der Waals surface area contributed by atoms with Gasteiger partial charge in [0.05, 0.1) is 30.8 Å². The van der Waals surface area contributed by atoms with E-state index in [0.717, 1.165) is 79.9 Å². The number of hydrogen-bond acceptors (Lipinski definition) is 8. The summed E-state index contributed by atoms with van der Waals surface area (Å²) >= 11 is 3.46. The largest absolute Gasteiger partial charge is 0.379 e. The molecular formula is C23H28N6OS2. The van der Waals surface area contributed by atoms with Gasteiger partial charge in [0.1, 0.15) is 16.5 Å². The Morgan fingerprint density at radius 2 is 2.03 bits per heavy atom. The van der Waals surface area contributed by atoms with Crippen molar-refractivity contribution in [2.24, 2.45) is 0 Å². The number of aryl methyl sites for hydroxylation is 3. The molecule has 7 nitrogen and oxygen atoms in total. The Bertz CT molecular complexity index is 1180. The number of nitrogens with zero attached hydrogens (tertiary/aromatic N) is 5. The van der Waals surface area contributed by atoms with Crippen LogP contribution in [0.25, 0.3) is 20.7 Å². The van der Waals surface area contributed by atoms with Crippen molar-refractivity contribution in [2.45, 2.75) is 33.4 Å². The van der Waals surface area contributed by atoms with Crippen LogP contribution in [0.15, 0.2) is 29.0 Å². The number of ether oxygens (including phenoxy) is 1. The fourth-order valence-corrected chi connectivity index (χ4v) is 5.87. The lowest BCUT2D eigenvalue weighted by Crippen LogP contribution is -2.36. The van der Waals surface area contributed by atoms with Crippen LogP contribution in [0.4, 0.5) is 5.82 Å². The first kappa shape index (κ1) is 21.5. The van der Waals surface area contributed by atoms with Gasteiger partial charge >= 0.3 is 0 Å². The van der Waals surface area contributed by atoms with E-state index in [4.69, 9.17) is 14.7 Å². The van der Waals surface area contributed by atoms with Crippen molar-refractivity contribution < 1.29 is 4.74 Å². The normalized spacial score (nSPS) is 14.9. The molecule has 1 fully saturated rings. The summed E-state index contributed by atoms with van der Waals surface area (Å²) in [5.74, 6) is 1.82. The Kier molecular flexibility index (Phi) is 6.49. The van der Waals surface area contributed by atoms with E-state index in [0.29, 0.717) is 0 Å². The van der Waals surface area contributed by atoms with Crippen LogP contribution in [0.1, 0.15) is 23.6 Å². The highest BCUT2D eigenvalue weighted by Gasteiger charge is 2.18. The van der Waals surface area contributed by atoms with Crippen LogP contribution in [0.3, 0.4) is 0 Å². The van der Waals surface area contributed by atoms with Crippen LogP contribution >= 0.6 is 22.7 Å². The Hall–Kier alpha value is -2.33. The summed E-state index contributed by atoms with van der Waals surface area (Å²) in [5, 5.41) is 13.7. The summed E-state index contributed by atoms with van der Waals surface area (Å²) in [5.41, 5.74) is 3.50. The monoisotopic (exact) mass is 468 g/mol. The first-order valence-corrected chi connectivity index (χ1v) is 12.8. The average molecular weight is 469 g/mol. The lowest BCUT2D eigenvalue weighted by molar-refractivity contribution is 0.0331. The van der Waals surface area contributed by atoms with Crippen LogP contribution in [0.2, 0.25) is 0 Å². The lowest BCUT2D eigenvalue weighted by atomic mass is 10.2. The van der Waals surface area contributed by atoms with E-state index >= 15 is 0 Å². The molecule has 0 aromatic carbocycles. The fraction of sp³-hybridized carbons (Fsp3) is 0.435. The number of nitrogens with one attached hydrogen (secondary N) is 1. The topological polar surface area (TPSA) is 68.1 Å². The third-order valence-electron chi connectivity index (χ3n) is 5.68. The highest BCUT2D eigenvalue weighted by atomic mass is 32.1. The predicted molar refractivity (Wildman–Crippen MR) is 132 cm³/mol. The van der Waals surface area contributed by atoms with Gasteiger partial charge in [-0.25, -0.2) is 9.97 Å². The predicted octanol–water partition coefficient (Wildman–Crippen LogP) is 4.57. The van der Waals surface area contributed by atoms with Gasteiger partial charge in [-0.3, -0.25) is 9.58 Å². The maximum Gasteiger partial charge on any atom is 0.146 e. The van der Waals surface area contributed by atoms with Gasteiger partial charge in [-0.1, -0.05) is 6.07 Å². The van der Waals surface area contributed by atoms with Gasteiger partial charge in [-0.15, -0.1) is 22.7 Å². The Morgan fingerprint density at radius 3 is 2.78 bits per heavy atom. The van der Waals surface area contributed by atoms with Crippen LogP contribution in [-0.2, 0) is 17.8 Å². The maximum absolute atomic E-state index is 5.49. The van der Waals surface area contributed by atoms with Gasteiger partial charge in [0.2, 0.25) is 0 Å². The van der Waals surface area contributed by atoms with E-state index in [-0.39, 0.29) is 0 Å². The van der Waals surface area contributed by atoms with Crippen LogP contribution in [0.5, 0.6) is 0 Å². The first-order chi connectivity index (χ1) is 15.7. The van der Waals surface area contributed by atoms with E-state index in [9.17, 15) is 0 Å². The van der Waals surface area contributed by atoms with E-state index in [1.807, 2.05) is 6.92 Å². The van der Waals surface area contributed by atoms with Crippen molar-refractivity contribution >= 4 is 38.7 Å². The van der Waals surface area contributed by atoms with Crippen molar-refractivity contribution in [1.82, 2.24) is 24.6 Å². The molecule has 0 unspecified atom stereocenters. The Morgan fingerprint density at radius 1 is 1.16 bits per heavy atom. The summed E-state index contributed by atoms with van der Waals surface area (Å²) in [7, 11) is 0. The SMILES string of the molecule is Cc1cc(C)n(CCCNc2nc(CN3CCOCC3)nc3scc(-c4cccs4)c23)n1. The number of thiophene rings is 2.